The SMILES string of the molecule is CCOC(=O)C1CCN(c2nc(NCc3ccc(Cl)c(Cl)c3)c3c(C)c(C)sc3n2)CC1. The van der Waals surface area contributed by atoms with Crippen LogP contribution in [0.25, 0.3) is 10.2 Å². The molecule has 0 saturated carbocycles. The second-order valence-electron chi connectivity index (χ2n) is 7.95. The molecular weight excluding hydrogens is 467 g/mol. The van der Waals surface area contributed by atoms with E-state index in [9.17, 15) is 4.79 Å². The molecule has 1 aromatic carbocycles. The number of piperidine rings is 1. The Morgan fingerprint density at radius 1 is 1.22 bits per heavy atom. The van der Waals surface area contributed by atoms with E-state index in [4.69, 9.17) is 37.9 Å². The van der Waals surface area contributed by atoms with Crippen molar-refractivity contribution in [3.8, 4) is 0 Å². The van der Waals surface area contributed by atoms with E-state index < -0.39 is 0 Å². The quantitative estimate of drug-likeness (QED) is 0.425. The number of carbonyl (C=O) groups excluding carboxylic acids is 1. The van der Waals surface area contributed by atoms with E-state index in [1.807, 2.05) is 19.1 Å². The van der Waals surface area contributed by atoms with E-state index in [1.54, 1.807) is 17.4 Å². The molecule has 170 valence electrons. The highest BCUT2D eigenvalue weighted by atomic mass is 35.5. The number of thiophene rings is 1. The van der Waals surface area contributed by atoms with E-state index >= 15 is 0 Å². The van der Waals surface area contributed by atoms with Crippen molar-refractivity contribution in [1.29, 1.82) is 0 Å². The van der Waals surface area contributed by atoms with Gasteiger partial charge >= 0.3 is 5.97 Å². The Hall–Kier alpha value is -2.09. The Morgan fingerprint density at radius 3 is 2.66 bits per heavy atom. The lowest BCUT2D eigenvalue weighted by Gasteiger charge is -2.31. The number of benzene rings is 1. The van der Waals surface area contributed by atoms with Crippen LogP contribution in [0.4, 0.5) is 11.8 Å². The zero-order valence-electron chi connectivity index (χ0n) is 18.4. The molecule has 1 aliphatic rings. The standard InChI is InChI=1S/C23H26Cl2N4O2S/c1-4-31-22(30)16-7-9-29(10-8-16)23-27-20(19-13(2)14(3)32-21(19)28-23)26-12-15-5-6-17(24)18(25)11-15/h5-6,11,16H,4,7-10,12H2,1-3H3,(H,26,27,28). The van der Waals surface area contributed by atoms with Gasteiger partial charge in [-0.2, -0.15) is 4.98 Å². The molecule has 0 bridgehead atoms. The van der Waals surface area contributed by atoms with Crippen LogP contribution in [0.2, 0.25) is 10.0 Å². The lowest BCUT2D eigenvalue weighted by Crippen LogP contribution is -2.38. The Morgan fingerprint density at radius 2 is 1.97 bits per heavy atom. The molecule has 0 amide bonds. The van der Waals surface area contributed by atoms with Crippen molar-refractivity contribution in [3.63, 3.8) is 0 Å². The fourth-order valence-electron chi connectivity index (χ4n) is 3.92. The van der Waals surface area contributed by atoms with E-state index in [1.165, 1.54) is 10.4 Å². The zero-order chi connectivity index (χ0) is 22.8. The smallest absolute Gasteiger partial charge is 0.309 e. The third-order valence-electron chi connectivity index (χ3n) is 5.86. The summed E-state index contributed by atoms with van der Waals surface area (Å²) in [5.74, 6) is 1.36. The number of aromatic nitrogens is 2. The first-order chi connectivity index (χ1) is 15.4. The van der Waals surface area contributed by atoms with Crippen molar-refractivity contribution in [2.45, 2.75) is 40.2 Å². The Kier molecular flexibility index (Phi) is 7.08. The molecule has 6 nitrogen and oxygen atoms in total. The minimum atomic E-state index is -0.1000. The van der Waals surface area contributed by atoms with Gasteiger partial charge in [-0.25, -0.2) is 4.98 Å². The summed E-state index contributed by atoms with van der Waals surface area (Å²) in [5, 5.41) is 5.61. The van der Waals surface area contributed by atoms with Gasteiger partial charge in [0.15, 0.2) is 0 Å². The molecule has 1 saturated heterocycles. The molecular formula is C23H26Cl2N4O2S. The summed E-state index contributed by atoms with van der Waals surface area (Å²) in [5.41, 5.74) is 2.21. The van der Waals surface area contributed by atoms with Crippen LogP contribution in [0, 0.1) is 19.8 Å². The van der Waals surface area contributed by atoms with Crippen molar-refractivity contribution in [1.82, 2.24) is 9.97 Å². The molecule has 0 spiro atoms. The number of hydrogen-bond acceptors (Lipinski definition) is 7. The van der Waals surface area contributed by atoms with Gasteiger partial charge in [-0.05, 0) is 56.9 Å². The summed E-state index contributed by atoms with van der Waals surface area (Å²) in [6, 6.07) is 5.62. The van der Waals surface area contributed by atoms with Crippen LogP contribution in [0.1, 0.15) is 35.8 Å². The number of nitrogens with one attached hydrogen (secondary N) is 1. The Labute approximate surface area is 201 Å². The first-order valence-electron chi connectivity index (χ1n) is 10.7. The third-order valence-corrected chi connectivity index (χ3v) is 7.70. The molecule has 0 aliphatic carbocycles. The number of anilines is 2. The van der Waals surface area contributed by atoms with Crippen LogP contribution in [0.3, 0.4) is 0 Å². The highest BCUT2D eigenvalue weighted by Gasteiger charge is 2.28. The summed E-state index contributed by atoms with van der Waals surface area (Å²) in [6.45, 7) is 8.50. The van der Waals surface area contributed by atoms with Crippen LogP contribution in [0.15, 0.2) is 18.2 Å². The summed E-state index contributed by atoms with van der Waals surface area (Å²) < 4.78 is 5.19. The van der Waals surface area contributed by atoms with Crippen molar-refractivity contribution >= 4 is 62.5 Å². The van der Waals surface area contributed by atoms with Gasteiger partial charge in [0.2, 0.25) is 5.95 Å². The number of aryl methyl sites for hydroxylation is 2. The molecule has 32 heavy (non-hydrogen) atoms. The molecule has 0 radical (unpaired) electrons. The number of carbonyl (C=O) groups is 1. The van der Waals surface area contributed by atoms with E-state index in [-0.39, 0.29) is 11.9 Å². The summed E-state index contributed by atoms with van der Waals surface area (Å²) in [6.07, 6.45) is 1.49. The highest BCUT2D eigenvalue weighted by molar-refractivity contribution is 7.18. The summed E-state index contributed by atoms with van der Waals surface area (Å²) in [7, 11) is 0. The number of nitrogens with zero attached hydrogens (tertiary/aromatic N) is 3. The van der Waals surface area contributed by atoms with Crippen LogP contribution >= 0.6 is 34.5 Å². The minimum Gasteiger partial charge on any atom is -0.466 e. The molecule has 1 aliphatic heterocycles. The van der Waals surface area contributed by atoms with Crippen molar-refractivity contribution in [2.75, 3.05) is 29.9 Å². The van der Waals surface area contributed by atoms with E-state index in [0.717, 1.165) is 47.5 Å². The second-order valence-corrected chi connectivity index (χ2v) is 9.97. The second kappa shape index (κ2) is 9.81. The van der Waals surface area contributed by atoms with Gasteiger partial charge in [0.1, 0.15) is 10.6 Å². The van der Waals surface area contributed by atoms with Crippen LogP contribution < -0.4 is 10.2 Å². The average Bonchev–Trinajstić information content (AvgIpc) is 3.08. The van der Waals surface area contributed by atoms with Gasteiger partial charge in [-0.15, -0.1) is 11.3 Å². The fourth-order valence-corrected chi connectivity index (χ4v) is 5.26. The highest BCUT2D eigenvalue weighted by Crippen LogP contribution is 2.36. The molecule has 0 unspecified atom stereocenters. The number of ether oxygens (including phenoxy) is 1. The van der Waals surface area contributed by atoms with Crippen LogP contribution in [0.5, 0.6) is 0 Å². The number of fused-ring (bicyclic) bond motifs is 1. The van der Waals surface area contributed by atoms with Gasteiger partial charge in [0.25, 0.3) is 0 Å². The largest absolute Gasteiger partial charge is 0.466 e. The zero-order valence-corrected chi connectivity index (χ0v) is 20.7. The van der Waals surface area contributed by atoms with Gasteiger partial charge in [-0.3, -0.25) is 4.79 Å². The lowest BCUT2D eigenvalue weighted by atomic mass is 9.97. The third kappa shape index (κ3) is 4.80. The van der Waals surface area contributed by atoms with Crippen LogP contribution in [-0.2, 0) is 16.1 Å². The number of rotatable bonds is 6. The lowest BCUT2D eigenvalue weighted by molar-refractivity contribution is -0.148. The van der Waals surface area contributed by atoms with Gasteiger partial charge in [0, 0.05) is 24.5 Å². The van der Waals surface area contributed by atoms with E-state index in [0.29, 0.717) is 29.1 Å². The van der Waals surface area contributed by atoms with Crippen molar-refractivity contribution in [3.05, 3.63) is 44.2 Å². The summed E-state index contributed by atoms with van der Waals surface area (Å²) in [4.78, 5) is 26.2. The Bertz CT molecular complexity index is 1140. The van der Waals surface area contributed by atoms with Crippen molar-refractivity contribution < 1.29 is 9.53 Å². The number of esters is 1. The van der Waals surface area contributed by atoms with E-state index in [2.05, 4.69) is 24.1 Å². The maximum atomic E-state index is 12.1. The monoisotopic (exact) mass is 492 g/mol. The molecule has 3 heterocycles. The van der Waals surface area contributed by atoms with Gasteiger partial charge < -0.3 is 15.0 Å². The minimum absolute atomic E-state index is 0.0478. The predicted octanol–water partition coefficient (Wildman–Crippen LogP) is 6.01. The molecule has 0 atom stereocenters. The molecule has 9 heteroatoms. The normalized spacial score (nSPS) is 14.7. The molecule has 2 aromatic heterocycles. The summed E-state index contributed by atoms with van der Waals surface area (Å²) >= 11 is 13.9. The number of halogens is 2. The first kappa shape index (κ1) is 23.1. The maximum Gasteiger partial charge on any atom is 0.309 e. The first-order valence-corrected chi connectivity index (χ1v) is 12.3. The Balaban J connectivity index is 1.58. The maximum absolute atomic E-state index is 12.1. The van der Waals surface area contributed by atoms with Gasteiger partial charge in [-0.1, -0.05) is 29.3 Å². The number of hydrogen-bond donors (Lipinski definition) is 1. The average molecular weight is 493 g/mol. The van der Waals surface area contributed by atoms with Gasteiger partial charge in [0.05, 0.1) is 28.0 Å². The van der Waals surface area contributed by atoms with Crippen molar-refractivity contribution in [2.24, 2.45) is 5.92 Å². The predicted molar refractivity (Wildman–Crippen MR) is 132 cm³/mol. The molecule has 4 rings (SSSR count). The topological polar surface area (TPSA) is 67.3 Å². The fraction of sp³-hybridized carbons (Fsp3) is 0.435. The molecule has 1 fully saturated rings. The molecule has 3 aromatic rings. The molecule has 1 N–H and O–H groups in total. The van der Waals surface area contributed by atoms with Crippen LogP contribution in [-0.4, -0.2) is 35.6 Å².